The van der Waals surface area contributed by atoms with Gasteiger partial charge in [0.1, 0.15) is 0 Å². The van der Waals surface area contributed by atoms with Gasteiger partial charge in [0.15, 0.2) is 5.96 Å². The van der Waals surface area contributed by atoms with E-state index in [1.807, 2.05) is 0 Å². The minimum Gasteiger partial charge on any atom is -0.379 e. The maximum Gasteiger partial charge on any atom is 0.223 e. The molecule has 1 aliphatic heterocycles. The Balaban J connectivity index is 1.74. The van der Waals surface area contributed by atoms with Crippen molar-refractivity contribution in [2.75, 3.05) is 52.5 Å². The fraction of sp³-hybridized carbons (Fsp3) is 0.882. The van der Waals surface area contributed by atoms with Crippen molar-refractivity contribution in [2.24, 2.45) is 10.9 Å². The van der Waals surface area contributed by atoms with Crippen molar-refractivity contribution < 1.29 is 9.53 Å². The average molecular weight is 339 g/mol. The standard InChI is InChI=1S/C17H33N5O2/c1-4-18-16(20-8-7-19-15(23)14-5-6-14)21-13-17(2,3)22-9-11-24-12-10-22/h14H,4-13H2,1-3H3,(H,19,23)(H2,18,20,21). The van der Waals surface area contributed by atoms with Gasteiger partial charge in [-0.25, -0.2) is 0 Å². The van der Waals surface area contributed by atoms with Crippen LogP contribution in [0.2, 0.25) is 0 Å². The third kappa shape index (κ3) is 6.28. The van der Waals surface area contributed by atoms with Crippen LogP contribution in [0.25, 0.3) is 0 Å². The van der Waals surface area contributed by atoms with Crippen LogP contribution in [-0.2, 0) is 9.53 Å². The summed E-state index contributed by atoms with van der Waals surface area (Å²) in [6.07, 6.45) is 2.08. The highest BCUT2D eigenvalue weighted by Gasteiger charge is 2.29. The van der Waals surface area contributed by atoms with E-state index in [1.54, 1.807) is 0 Å². The van der Waals surface area contributed by atoms with Crippen molar-refractivity contribution in [1.29, 1.82) is 0 Å². The van der Waals surface area contributed by atoms with Gasteiger partial charge in [-0.15, -0.1) is 0 Å². The van der Waals surface area contributed by atoms with Crippen molar-refractivity contribution in [2.45, 2.75) is 39.2 Å². The molecular weight excluding hydrogens is 306 g/mol. The number of nitrogens with one attached hydrogen (secondary N) is 3. The molecule has 0 atom stereocenters. The summed E-state index contributed by atoms with van der Waals surface area (Å²) in [4.78, 5) is 18.8. The van der Waals surface area contributed by atoms with E-state index in [2.05, 4.69) is 41.6 Å². The topological polar surface area (TPSA) is 78.0 Å². The first-order valence-electron chi connectivity index (χ1n) is 9.15. The van der Waals surface area contributed by atoms with E-state index in [0.717, 1.165) is 58.2 Å². The van der Waals surface area contributed by atoms with Crippen LogP contribution >= 0.6 is 0 Å². The average Bonchev–Trinajstić information content (AvgIpc) is 3.42. The Kier molecular flexibility index (Phi) is 7.30. The van der Waals surface area contributed by atoms with Crippen LogP contribution in [0, 0.1) is 5.92 Å². The molecule has 0 bridgehead atoms. The van der Waals surface area contributed by atoms with Crippen LogP contribution < -0.4 is 16.0 Å². The smallest absolute Gasteiger partial charge is 0.223 e. The van der Waals surface area contributed by atoms with Crippen molar-refractivity contribution >= 4 is 11.9 Å². The number of nitrogens with zero attached hydrogens (tertiary/aromatic N) is 2. The fourth-order valence-electron chi connectivity index (χ4n) is 2.74. The zero-order valence-electron chi connectivity index (χ0n) is 15.4. The van der Waals surface area contributed by atoms with E-state index in [-0.39, 0.29) is 17.4 Å². The van der Waals surface area contributed by atoms with Gasteiger partial charge in [0.05, 0.1) is 19.8 Å². The van der Waals surface area contributed by atoms with Crippen LogP contribution in [0.4, 0.5) is 0 Å². The van der Waals surface area contributed by atoms with Gasteiger partial charge in [0.25, 0.3) is 0 Å². The molecule has 1 saturated heterocycles. The first-order valence-corrected chi connectivity index (χ1v) is 9.15. The number of amides is 1. The highest BCUT2D eigenvalue weighted by molar-refractivity contribution is 5.81. The van der Waals surface area contributed by atoms with Crippen LogP contribution in [0.1, 0.15) is 33.6 Å². The lowest BCUT2D eigenvalue weighted by Crippen LogP contribution is -2.52. The number of carbonyl (C=O) groups is 1. The highest BCUT2D eigenvalue weighted by atomic mass is 16.5. The molecule has 2 fully saturated rings. The van der Waals surface area contributed by atoms with Crippen molar-refractivity contribution in [3.63, 3.8) is 0 Å². The summed E-state index contributed by atoms with van der Waals surface area (Å²) in [5.74, 6) is 1.26. The summed E-state index contributed by atoms with van der Waals surface area (Å²) in [5, 5.41) is 9.52. The number of carbonyl (C=O) groups excluding carboxylic acids is 1. The summed E-state index contributed by atoms with van der Waals surface area (Å²) in [6.45, 7) is 12.9. The van der Waals surface area contributed by atoms with Crippen LogP contribution in [0.5, 0.6) is 0 Å². The number of guanidine groups is 1. The summed E-state index contributed by atoms with van der Waals surface area (Å²) in [6, 6.07) is 0. The molecular formula is C17H33N5O2. The Morgan fingerprint density at radius 2 is 1.83 bits per heavy atom. The van der Waals surface area contributed by atoms with Gasteiger partial charge in [-0.1, -0.05) is 0 Å². The molecule has 2 rings (SSSR count). The third-order valence-electron chi connectivity index (χ3n) is 4.50. The normalized spacial score (nSPS) is 19.9. The van der Waals surface area contributed by atoms with Gasteiger partial charge in [0.2, 0.25) is 5.91 Å². The Morgan fingerprint density at radius 1 is 1.17 bits per heavy atom. The zero-order valence-corrected chi connectivity index (χ0v) is 15.4. The quantitative estimate of drug-likeness (QED) is 0.334. The van der Waals surface area contributed by atoms with Crippen LogP contribution in [0.15, 0.2) is 4.99 Å². The first-order chi connectivity index (χ1) is 11.5. The Morgan fingerprint density at radius 3 is 2.46 bits per heavy atom. The Labute approximate surface area is 145 Å². The summed E-state index contributed by atoms with van der Waals surface area (Å²) >= 11 is 0. The maximum atomic E-state index is 11.6. The molecule has 7 heteroatoms. The Hall–Kier alpha value is -1.34. The summed E-state index contributed by atoms with van der Waals surface area (Å²) in [5.41, 5.74) is 0.00627. The molecule has 1 saturated carbocycles. The van der Waals surface area contributed by atoms with Gasteiger partial charge in [0, 0.05) is 44.2 Å². The number of aliphatic imine (C=N–C) groups is 1. The molecule has 0 aromatic heterocycles. The first kappa shape index (κ1) is 19.0. The van der Waals surface area contributed by atoms with Crippen molar-refractivity contribution in [3.8, 4) is 0 Å². The van der Waals surface area contributed by atoms with Crippen LogP contribution in [0.3, 0.4) is 0 Å². The van der Waals surface area contributed by atoms with Gasteiger partial charge >= 0.3 is 0 Å². The van der Waals surface area contributed by atoms with Gasteiger partial charge in [-0.3, -0.25) is 14.7 Å². The lowest BCUT2D eigenvalue weighted by atomic mass is 10.0. The number of hydrogen-bond acceptors (Lipinski definition) is 4. The van der Waals surface area contributed by atoms with E-state index >= 15 is 0 Å². The minimum absolute atomic E-state index is 0.00627. The zero-order chi connectivity index (χ0) is 17.4. The highest BCUT2D eigenvalue weighted by Crippen LogP contribution is 2.28. The van der Waals surface area contributed by atoms with E-state index in [4.69, 9.17) is 9.73 Å². The monoisotopic (exact) mass is 339 g/mol. The number of morpholine rings is 1. The molecule has 2 aliphatic rings. The number of ether oxygens (including phenoxy) is 1. The molecule has 1 aliphatic carbocycles. The molecule has 0 unspecified atom stereocenters. The SMILES string of the molecule is CCNC(=NCC(C)(C)N1CCOCC1)NCCNC(=O)C1CC1. The van der Waals surface area contributed by atoms with Gasteiger partial charge in [-0.05, 0) is 33.6 Å². The predicted octanol–water partition coefficient (Wildman–Crippen LogP) is 0.179. The molecule has 7 nitrogen and oxygen atoms in total. The molecule has 1 amide bonds. The van der Waals surface area contributed by atoms with Crippen LogP contribution in [-0.4, -0.2) is 74.8 Å². The number of rotatable bonds is 8. The molecule has 0 radical (unpaired) electrons. The van der Waals surface area contributed by atoms with Gasteiger partial charge < -0.3 is 20.7 Å². The van der Waals surface area contributed by atoms with E-state index in [1.165, 1.54) is 0 Å². The molecule has 0 aromatic carbocycles. The summed E-state index contributed by atoms with van der Waals surface area (Å²) < 4.78 is 5.43. The third-order valence-corrected chi connectivity index (χ3v) is 4.50. The number of hydrogen-bond donors (Lipinski definition) is 3. The summed E-state index contributed by atoms with van der Waals surface area (Å²) in [7, 11) is 0. The largest absolute Gasteiger partial charge is 0.379 e. The molecule has 0 aromatic rings. The lowest BCUT2D eigenvalue weighted by molar-refractivity contribution is -0.122. The van der Waals surface area contributed by atoms with Crippen molar-refractivity contribution in [1.82, 2.24) is 20.9 Å². The maximum absolute atomic E-state index is 11.6. The van der Waals surface area contributed by atoms with E-state index in [9.17, 15) is 4.79 Å². The molecule has 138 valence electrons. The van der Waals surface area contributed by atoms with E-state index < -0.39 is 0 Å². The molecule has 3 N–H and O–H groups in total. The van der Waals surface area contributed by atoms with Gasteiger partial charge in [-0.2, -0.15) is 0 Å². The second-order valence-electron chi connectivity index (χ2n) is 7.10. The molecule has 0 spiro atoms. The second kappa shape index (κ2) is 9.22. The molecule has 24 heavy (non-hydrogen) atoms. The fourth-order valence-corrected chi connectivity index (χ4v) is 2.74. The van der Waals surface area contributed by atoms with E-state index in [0.29, 0.717) is 13.1 Å². The minimum atomic E-state index is 0.00627. The predicted molar refractivity (Wildman–Crippen MR) is 96.2 cm³/mol. The van der Waals surface area contributed by atoms with Crippen molar-refractivity contribution in [3.05, 3.63) is 0 Å². The lowest BCUT2D eigenvalue weighted by Gasteiger charge is -2.39. The second-order valence-corrected chi connectivity index (χ2v) is 7.10. The molecule has 1 heterocycles. The Bertz CT molecular complexity index is 429.